The van der Waals surface area contributed by atoms with E-state index < -0.39 is 0 Å². The van der Waals surface area contributed by atoms with Gasteiger partial charge in [-0.1, -0.05) is 28.9 Å². The zero-order valence-corrected chi connectivity index (χ0v) is 15.6. The molecule has 0 radical (unpaired) electrons. The van der Waals surface area contributed by atoms with Crippen molar-refractivity contribution < 1.29 is 14.1 Å². The minimum atomic E-state index is -0.171. The van der Waals surface area contributed by atoms with E-state index in [0.717, 1.165) is 5.82 Å². The second-order valence-electron chi connectivity index (χ2n) is 6.08. The van der Waals surface area contributed by atoms with Crippen LogP contribution in [-0.2, 0) is 4.79 Å². The molecule has 1 aromatic carbocycles. The van der Waals surface area contributed by atoms with E-state index in [2.05, 4.69) is 25.0 Å². The molecule has 1 saturated heterocycles. The largest absolute Gasteiger partial charge is 0.439 e. The van der Waals surface area contributed by atoms with Crippen LogP contribution in [0.15, 0.2) is 47.4 Å². The van der Waals surface area contributed by atoms with Crippen LogP contribution in [0.1, 0.15) is 0 Å². The quantitative estimate of drug-likeness (QED) is 0.640. The number of anilines is 1. The molecule has 28 heavy (non-hydrogen) atoms. The van der Waals surface area contributed by atoms with Crippen LogP contribution >= 0.6 is 11.6 Å². The summed E-state index contributed by atoms with van der Waals surface area (Å²) in [6, 6.07) is 7.14. The lowest BCUT2D eigenvalue weighted by Crippen LogP contribution is -2.50. The monoisotopic (exact) mass is 400 g/mol. The average molecular weight is 401 g/mol. The van der Waals surface area contributed by atoms with E-state index in [4.69, 9.17) is 20.9 Å². The van der Waals surface area contributed by atoms with Crippen LogP contribution in [0.3, 0.4) is 0 Å². The molecule has 3 heterocycles. The van der Waals surface area contributed by atoms with Gasteiger partial charge >= 0.3 is 6.08 Å². The maximum absolute atomic E-state index is 12.4. The minimum Gasteiger partial charge on any atom is -0.439 e. The van der Waals surface area contributed by atoms with Crippen molar-refractivity contribution in [3.8, 4) is 17.5 Å². The maximum atomic E-state index is 12.4. The zero-order chi connectivity index (χ0) is 19.3. The SMILES string of the molecule is O=C(COc1nc(-c2ccccc2Cl)no1)N1CCN(c2cnccn2)CC1. The molecular formula is C18H17ClN6O3. The van der Waals surface area contributed by atoms with Crippen molar-refractivity contribution in [2.24, 2.45) is 0 Å². The molecular weight excluding hydrogens is 384 g/mol. The number of ether oxygens (including phenoxy) is 1. The number of hydrogen-bond donors (Lipinski definition) is 0. The lowest BCUT2D eigenvalue weighted by Gasteiger charge is -2.35. The van der Waals surface area contributed by atoms with Crippen LogP contribution in [0.2, 0.25) is 5.02 Å². The standard InChI is InChI=1S/C18H17ClN6O3/c19-14-4-2-1-3-13(14)17-22-18(28-23-17)27-12-16(26)25-9-7-24(8-10-25)15-11-20-5-6-21-15/h1-6,11H,7-10,12H2. The van der Waals surface area contributed by atoms with E-state index in [1.807, 2.05) is 12.1 Å². The normalized spacial score (nSPS) is 14.2. The number of piperazine rings is 1. The lowest BCUT2D eigenvalue weighted by molar-refractivity contribution is -0.134. The van der Waals surface area contributed by atoms with Crippen molar-refractivity contribution in [2.45, 2.75) is 0 Å². The van der Waals surface area contributed by atoms with Crippen LogP contribution < -0.4 is 9.64 Å². The minimum absolute atomic E-state index is 0.0681. The van der Waals surface area contributed by atoms with Gasteiger partial charge in [-0.25, -0.2) is 4.98 Å². The number of amides is 1. The van der Waals surface area contributed by atoms with Crippen molar-refractivity contribution in [2.75, 3.05) is 37.7 Å². The van der Waals surface area contributed by atoms with Gasteiger partial charge in [0, 0.05) is 44.1 Å². The predicted molar refractivity (Wildman–Crippen MR) is 101 cm³/mol. The summed E-state index contributed by atoms with van der Waals surface area (Å²) < 4.78 is 10.4. The van der Waals surface area contributed by atoms with Gasteiger partial charge in [0.15, 0.2) is 6.61 Å². The van der Waals surface area contributed by atoms with Gasteiger partial charge in [-0.3, -0.25) is 14.3 Å². The molecule has 3 aromatic rings. The molecule has 1 amide bonds. The van der Waals surface area contributed by atoms with Crippen LogP contribution in [-0.4, -0.2) is 63.7 Å². The van der Waals surface area contributed by atoms with E-state index in [-0.39, 0.29) is 18.6 Å². The van der Waals surface area contributed by atoms with Crippen molar-refractivity contribution in [3.05, 3.63) is 47.9 Å². The first-order chi connectivity index (χ1) is 13.7. The molecule has 4 rings (SSSR count). The highest BCUT2D eigenvalue weighted by Gasteiger charge is 2.23. The van der Waals surface area contributed by atoms with E-state index in [1.54, 1.807) is 35.6 Å². The predicted octanol–water partition coefficient (Wildman–Crippen LogP) is 1.91. The van der Waals surface area contributed by atoms with Gasteiger partial charge in [-0.15, -0.1) is 0 Å². The summed E-state index contributed by atoms with van der Waals surface area (Å²) in [4.78, 5) is 28.7. The van der Waals surface area contributed by atoms with E-state index in [9.17, 15) is 4.79 Å². The number of benzene rings is 1. The van der Waals surface area contributed by atoms with E-state index in [1.165, 1.54) is 0 Å². The Kier molecular flexibility index (Phi) is 5.34. The van der Waals surface area contributed by atoms with Gasteiger partial charge in [0.25, 0.3) is 5.91 Å². The molecule has 2 aromatic heterocycles. The summed E-state index contributed by atoms with van der Waals surface area (Å²) in [6.07, 6.45) is 4.94. The second kappa shape index (κ2) is 8.22. The molecule has 9 nitrogen and oxygen atoms in total. The molecule has 144 valence electrons. The summed E-state index contributed by atoms with van der Waals surface area (Å²) >= 11 is 6.12. The van der Waals surface area contributed by atoms with Crippen molar-refractivity contribution in [1.82, 2.24) is 25.0 Å². The van der Waals surface area contributed by atoms with Gasteiger partial charge in [0.05, 0.1) is 11.2 Å². The Hall–Kier alpha value is -3.20. The molecule has 0 unspecified atom stereocenters. The Morgan fingerprint density at radius 3 is 2.75 bits per heavy atom. The number of halogens is 1. The molecule has 0 bridgehead atoms. The Bertz CT molecular complexity index is 943. The van der Waals surface area contributed by atoms with E-state index >= 15 is 0 Å². The van der Waals surface area contributed by atoms with Crippen LogP contribution in [0, 0.1) is 0 Å². The van der Waals surface area contributed by atoms with Crippen molar-refractivity contribution in [1.29, 1.82) is 0 Å². The maximum Gasteiger partial charge on any atom is 0.418 e. The Labute approximate surface area is 165 Å². The number of rotatable bonds is 5. The molecule has 0 aliphatic carbocycles. The van der Waals surface area contributed by atoms with Crippen LogP contribution in [0.25, 0.3) is 11.4 Å². The fourth-order valence-electron chi connectivity index (χ4n) is 2.87. The Balaban J connectivity index is 1.29. The fourth-order valence-corrected chi connectivity index (χ4v) is 3.09. The average Bonchev–Trinajstić information content (AvgIpc) is 3.22. The van der Waals surface area contributed by atoms with Gasteiger partial charge < -0.3 is 14.5 Å². The third-order valence-electron chi connectivity index (χ3n) is 4.35. The molecule has 1 fully saturated rings. The Morgan fingerprint density at radius 2 is 2.00 bits per heavy atom. The number of aromatic nitrogens is 4. The van der Waals surface area contributed by atoms with Gasteiger partial charge in [0.2, 0.25) is 5.82 Å². The summed E-state index contributed by atoms with van der Waals surface area (Å²) in [6.45, 7) is 2.35. The molecule has 1 aliphatic heterocycles. The first-order valence-corrected chi connectivity index (χ1v) is 9.08. The summed E-state index contributed by atoms with van der Waals surface area (Å²) in [7, 11) is 0. The fraction of sp³-hybridized carbons (Fsp3) is 0.278. The van der Waals surface area contributed by atoms with E-state index in [0.29, 0.717) is 42.6 Å². The van der Waals surface area contributed by atoms with Crippen LogP contribution in [0.4, 0.5) is 5.82 Å². The number of hydrogen-bond acceptors (Lipinski definition) is 8. The summed E-state index contributed by atoms with van der Waals surface area (Å²) in [5, 5.41) is 4.35. The first kappa shape index (κ1) is 18.2. The highest BCUT2D eigenvalue weighted by Crippen LogP contribution is 2.26. The topological polar surface area (TPSA) is 97.5 Å². The van der Waals surface area contributed by atoms with Gasteiger partial charge in [-0.05, 0) is 12.1 Å². The smallest absolute Gasteiger partial charge is 0.418 e. The second-order valence-corrected chi connectivity index (χ2v) is 6.49. The van der Waals surface area contributed by atoms with Crippen molar-refractivity contribution >= 4 is 23.3 Å². The number of nitrogens with zero attached hydrogens (tertiary/aromatic N) is 6. The molecule has 1 aliphatic rings. The first-order valence-electron chi connectivity index (χ1n) is 8.71. The van der Waals surface area contributed by atoms with Crippen molar-refractivity contribution in [3.63, 3.8) is 0 Å². The molecule has 0 atom stereocenters. The third kappa shape index (κ3) is 4.04. The summed E-state index contributed by atoms with van der Waals surface area (Å²) in [5.74, 6) is 0.978. The molecule has 0 saturated carbocycles. The van der Waals surface area contributed by atoms with Crippen LogP contribution in [0.5, 0.6) is 6.08 Å². The zero-order valence-electron chi connectivity index (χ0n) is 14.9. The highest BCUT2D eigenvalue weighted by molar-refractivity contribution is 6.33. The number of carbonyl (C=O) groups is 1. The number of carbonyl (C=O) groups excluding carboxylic acids is 1. The van der Waals surface area contributed by atoms with Gasteiger partial charge in [0.1, 0.15) is 5.82 Å². The Morgan fingerprint density at radius 1 is 1.18 bits per heavy atom. The molecule has 10 heteroatoms. The highest BCUT2D eigenvalue weighted by atomic mass is 35.5. The lowest BCUT2D eigenvalue weighted by atomic mass is 10.2. The molecule has 0 spiro atoms. The summed E-state index contributed by atoms with van der Waals surface area (Å²) in [5.41, 5.74) is 0.634. The third-order valence-corrected chi connectivity index (χ3v) is 4.68. The molecule has 0 N–H and O–H groups in total. The van der Waals surface area contributed by atoms with Gasteiger partial charge in [-0.2, -0.15) is 4.98 Å².